The highest BCUT2D eigenvalue weighted by Gasteiger charge is 2.57. The molecule has 4 fully saturated rings. The third kappa shape index (κ3) is 5.75. The largest absolute Gasteiger partial charge is 0.497 e. The van der Waals surface area contributed by atoms with Gasteiger partial charge in [0, 0.05) is 35.1 Å². The molecule has 9 nitrogen and oxygen atoms in total. The maximum absolute atomic E-state index is 14.3. The third-order valence-corrected chi connectivity index (χ3v) is 12.9. The van der Waals surface area contributed by atoms with Crippen molar-refractivity contribution in [1.29, 1.82) is 0 Å². The van der Waals surface area contributed by atoms with Gasteiger partial charge in [-0.1, -0.05) is 31.7 Å². The number of nitrogens with zero attached hydrogens (tertiary/aromatic N) is 2. The number of hydrogen-bond donors (Lipinski definition) is 1. The van der Waals surface area contributed by atoms with Crippen LogP contribution < -0.4 is 9.46 Å². The number of fused-ring (bicyclic) bond motifs is 1. The molecular formula is C37H47N3O6S. The minimum Gasteiger partial charge on any atom is -0.497 e. The number of hydrogen-bond acceptors (Lipinski definition) is 6. The molecule has 10 heteroatoms. The van der Waals surface area contributed by atoms with Gasteiger partial charge in [-0.05, 0) is 107 Å². The average Bonchev–Trinajstić information content (AvgIpc) is 3.57. The predicted octanol–water partition coefficient (Wildman–Crippen LogP) is 6.66. The topological polar surface area (TPSA) is 110 Å². The van der Waals surface area contributed by atoms with E-state index in [1.165, 1.54) is 12.0 Å². The lowest BCUT2D eigenvalue weighted by Gasteiger charge is -2.33. The molecule has 2 aromatic carbocycles. The number of rotatable bonds is 9. The summed E-state index contributed by atoms with van der Waals surface area (Å²) in [5, 5.41) is 0.532. The standard InChI is InChI=1S/C37H47N3O6S/c1-24-20-27(45-4)15-17-29(24)33-32(25-10-6-5-7-11-25)30-16-14-26(34(41)38-47(43,44)28-12-8-13-28)21-31(30)39(33)22-36(2,3)35(42)40-19-9-18-37(40)23-46-37/h14-17,20-21,25,28H,5-13,18-19,22-23H2,1-4H3,(H,38,41). The van der Waals surface area contributed by atoms with E-state index in [1.807, 2.05) is 43.0 Å². The van der Waals surface area contributed by atoms with Crippen LogP contribution in [0.2, 0.25) is 0 Å². The van der Waals surface area contributed by atoms with Gasteiger partial charge < -0.3 is 18.9 Å². The highest BCUT2D eigenvalue weighted by molar-refractivity contribution is 7.90. The number of ether oxygens (including phenoxy) is 2. The van der Waals surface area contributed by atoms with Gasteiger partial charge in [-0.2, -0.15) is 0 Å². The van der Waals surface area contributed by atoms with Gasteiger partial charge in [-0.25, -0.2) is 13.1 Å². The van der Waals surface area contributed by atoms with E-state index in [-0.39, 0.29) is 5.91 Å². The second-order valence-electron chi connectivity index (χ2n) is 14.8. The van der Waals surface area contributed by atoms with Gasteiger partial charge in [-0.3, -0.25) is 9.59 Å². The van der Waals surface area contributed by atoms with Gasteiger partial charge in [0.25, 0.3) is 5.91 Å². The SMILES string of the molecule is COc1ccc(-c2c(C3CCCCC3)c3ccc(C(=O)NS(=O)(=O)C4CCC4)cc3n2CC(C)(C)C(=O)N2CCCC23CO3)c(C)c1. The number of methoxy groups -OCH3 is 1. The van der Waals surface area contributed by atoms with Crippen molar-refractivity contribution >= 4 is 32.7 Å². The summed E-state index contributed by atoms with van der Waals surface area (Å²) in [5.74, 6) is 0.543. The quantitative estimate of drug-likeness (QED) is 0.257. The lowest BCUT2D eigenvalue weighted by molar-refractivity contribution is -0.145. The maximum Gasteiger partial charge on any atom is 0.264 e. The van der Waals surface area contributed by atoms with E-state index in [9.17, 15) is 18.0 Å². The number of aryl methyl sites for hydroxylation is 1. The summed E-state index contributed by atoms with van der Waals surface area (Å²) in [6, 6.07) is 11.7. The van der Waals surface area contributed by atoms with Crippen molar-refractivity contribution < 1.29 is 27.5 Å². The number of epoxide rings is 1. The smallest absolute Gasteiger partial charge is 0.264 e. The van der Waals surface area contributed by atoms with Crippen molar-refractivity contribution in [1.82, 2.24) is 14.2 Å². The second kappa shape index (κ2) is 11.9. The third-order valence-electron chi connectivity index (χ3n) is 11.1. The Morgan fingerprint density at radius 3 is 2.40 bits per heavy atom. The zero-order valence-corrected chi connectivity index (χ0v) is 28.9. The monoisotopic (exact) mass is 661 g/mol. The maximum atomic E-state index is 14.3. The van der Waals surface area contributed by atoms with Crippen LogP contribution in [0.4, 0.5) is 0 Å². The molecule has 252 valence electrons. The zero-order valence-electron chi connectivity index (χ0n) is 28.1. The van der Waals surface area contributed by atoms with E-state index >= 15 is 0 Å². The van der Waals surface area contributed by atoms with E-state index in [1.54, 1.807) is 13.2 Å². The van der Waals surface area contributed by atoms with Crippen LogP contribution in [0.1, 0.15) is 105 Å². The first-order valence-electron chi connectivity index (χ1n) is 17.3. The Morgan fingerprint density at radius 2 is 1.77 bits per heavy atom. The number of nitrogens with one attached hydrogen (secondary N) is 1. The summed E-state index contributed by atoms with van der Waals surface area (Å²) in [6.45, 7) is 7.75. The normalized spacial score (nSPS) is 22.1. The molecule has 1 spiro atoms. The van der Waals surface area contributed by atoms with Crippen LogP contribution in [0.15, 0.2) is 36.4 Å². The summed E-state index contributed by atoms with van der Waals surface area (Å²) in [5.41, 5.74) is 4.31. The molecule has 3 aromatic rings. The first-order valence-corrected chi connectivity index (χ1v) is 18.8. The molecule has 2 saturated carbocycles. The highest BCUT2D eigenvalue weighted by Crippen LogP contribution is 2.48. The summed E-state index contributed by atoms with van der Waals surface area (Å²) < 4.78 is 41.8. The molecule has 2 aliphatic carbocycles. The van der Waals surface area contributed by atoms with Crippen LogP contribution in [0.25, 0.3) is 22.2 Å². The van der Waals surface area contributed by atoms with E-state index < -0.39 is 32.3 Å². The van der Waals surface area contributed by atoms with E-state index in [0.717, 1.165) is 78.4 Å². The van der Waals surface area contributed by atoms with Crippen molar-refractivity contribution in [2.45, 2.75) is 108 Å². The first kappa shape index (κ1) is 32.2. The summed E-state index contributed by atoms with van der Waals surface area (Å²) >= 11 is 0. The molecule has 2 amide bonds. The predicted molar refractivity (Wildman–Crippen MR) is 182 cm³/mol. The van der Waals surface area contributed by atoms with Crippen molar-refractivity contribution in [2.75, 3.05) is 20.3 Å². The van der Waals surface area contributed by atoms with Crippen LogP contribution in [0, 0.1) is 12.3 Å². The minimum absolute atomic E-state index is 0.0615. The molecular weight excluding hydrogens is 614 g/mol. The number of likely N-dealkylation sites (tertiary alicyclic amines) is 1. The van der Waals surface area contributed by atoms with Gasteiger partial charge >= 0.3 is 0 Å². The number of amides is 2. The van der Waals surface area contributed by atoms with Gasteiger partial charge in [0.1, 0.15) is 5.75 Å². The number of carbonyl (C=O) groups excluding carboxylic acids is 2. The summed E-state index contributed by atoms with van der Waals surface area (Å²) in [4.78, 5) is 29.7. The molecule has 47 heavy (non-hydrogen) atoms. The molecule has 1 N–H and O–H groups in total. The zero-order chi connectivity index (χ0) is 33.1. The molecule has 0 radical (unpaired) electrons. The highest BCUT2D eigenvalue weighted by atomic mass is 32.2. The molecule has 1 aromatic heterocycles. The summed E-state index contributed by atoms with van der Waals surface area (Å²) in [6.07, 6.45) is 9.46. The van der Waals surface area contributed by atoms with Crippen molar-refractivity contribution in [3.05, 3.63) is 53.1 Å². The fraction of sp³-hybridized carbons (Fsp3) is 0.568. The minimum atomic E-state index is -3.74. The number of aromatic nitrogens is 1. The molecule has 1 atom stereocenters. The first-order chi connectivity index (χ1) is 22.4. The second-order valence-corrected chi connectivity index (χ2v) is 16.8. The molecule has 2 saturated heterocycles. The Morgan fingerprint density at radius 1 is 1.02 bits per heavy atom. The van der Waals surface area contributed by atoms with Crippen molar-refractivity contribution in [3.63, 3.8) is 0 Å². The Kier molecular flexibility index (Phi) is 8.18. The lowest BCUT2D eigenvalue weighted by atomic mass is 9.81. The molecule has 3 heterocycles. The summed E-state index contributed by atoms with van der Waals surface area (Å²) in [7, 11) is -2.08. The Bertz CT molecular complexity index is 1830. The number of benzene rings is 2. The molecule has 1 unspecified atom stereocenters. The van der Waals surface area contributed by atoms with Crippen LogP contribution in [0.3, 0.4) is 0 Å². The van der Waals surface area contributed by atoms with Crippen LogP contribution in [-0.2, 0) is 26.1 Å². The van der Waals surface area contributed by atoms with Crippen LogP contribution in [0.5, 0.6) is 5.75 Å². The van der Waals surface area contributed by atoms with Crippen molar-refractivity contribution in [3.8, 4) is 17.0 Å². The molecule has 0 bridgehead atoms. The van der Waals surface area contributed by atoms with E-state index in [2.05, 4.69) is 22.3 Å². The Labute approximate surface area is 278 Å². The van der Waals surface area contributed by atoms with Crippen LogP contribution in [-0.4, -0.2) is 60.9 Å². The van der Waals surface area contributed by atoms with E-state index in [0.29, 0.717) is 44.0 Å². The van der Waals surface area contributed by atoms with Gasteiger partial charge in [-0.15, -0.1) is 0 Å². The van der Waals surface area contributed by atoms with Gasteiger partial charge in [0.2, 0.25) is 15.9 Å². The molecule has 7 rings (SSSR count). The van der Waals surface area contributed by atoms with Gasteiger partial charge in [0.05, 0.1) is 30.1 Å². The average molecular weight is 662 g/mol. The fourth-order valence-corrected chi connectivity index (χ4v) is 9.61. The van der Waals surface area contributed by atoms with Crippen molar-refractivity contribution in [2.24, 2.45) is 5.41 Å². The Hall–Kier alpha value is -3.37. The van der Waals surface area contributed by atoms with Crippen LogP contribution >= 0.6 is 0 Å². The number of carbonyl (C=O) groups is 2. The lowest BCUT2D eigenvalue weighted by Crippen LogP contribution is -2.47. The van der Waals surface area contributed by atoms with E-state index in [4.69, 9.17) is 9.47 Å². The molecule has 4 aliphatic rings. The number of sulfonamides is 1. The van der Waals surface area contributed by atoms with Gasteiger partial charge in [0.15, 0.2) is 5.72 Å². The molecule has 2 aliphatic heterocycles. The fourth-order valence-electron chi connectivity index (χ4n) is 8.11. The Balaban J connectivity index is 1.39.